The molecule has 0 atom stereocenters. The second-order valence-corrected chi connectivity index (χ2v) is 5.38. The van der Waals surface area contributed by atoms with Crippen LogP contribution in [0.2, 0.25) is 5.02 Å². The molecule has 0 aliphatic rings. The van der Waals surface area contributed by atoms with E-state index in [1.165, 1.54) is 0 Å². The van der Waals surface area contributed by atoms with E-state index < -0.39 is 0 Å². The largest absolute Gasteiger partial charge is 0.493 e. The molecule has 23 heavy (non-hydrogen) atoms. The van der Waals surface area contributed by atoms with Gasteiger partial charge < -0.3 is 18.9 Å². The summed E-state index contributed by atoms with van der Waals surface area (Å²) >= 11 is 6.09. The molecule has 0 bridgehead atoms. The first-order valence-corrected chi connectivity index (χ1v) is 7.76. The number of rotatable bonds is 8. The molecular formula is C18H21ClO4. The van der Waals surface area contributed by atoms with E-state index in [4.69, 9.17) is 30.5 Å². The second-order valence-electron chi connectivity index (χ2n) is 4.98. The SMILES string of the molecule is COc1cccc(OC)c1OCCCOc1cc(C)ccc1Cl. The molecule has 0 N–H and O–H groups in total. The Morgan fingerprint density at radius 3 is 2.17 bits per heavy atom. The van der Waals surface area contributed by atoms with Gasteiger partial charge in [0.15, 0.2) is 11.5 Å². The van der Waals surface area contributed by atoms with Gasteiger partial charge in [-0.25, -0.2) is 0 Å². The lowest BCUT2D eigenvalue weighted by molar-refractivity contribution is 0.232. The van der Waals surface area contributed by atoms with Gasteiger partial charge in [-0.1, -0.05) is 23.7 Å². The molecule has 0 unspecified atom stereocenters. The second kappa shape index (κ2) is 8.53. The number of aryl methyl sites for hydroxylation is 1. The number of methoxy groups -OCH3 is 2. The van der Waals surface area contributed by atoms with Gasteiger partial charge in [-0.3, -0.25) is 0 Å². The van der Waals surface area contributed by atoms with Gasteiger partial charge in [0.05, 0.1) is 32.5 Å². The average molecular weight is 337 g/mol. The maximum atomic E-state index is 6.09. The Bertz CT molecular complexity index is 621. The van der Waals surface area contributed by atoms with Gasteiger partial charge >= 0.3 is 0 Å². The van der Waals surface area contributed by atoms with Crippen molar-refractivity contribution in [2.75, 3.05) is 27.4 Å². The van der Waals surface area contributed by atoms with Crippen molar-refractivity contribution in [3.8, 4) is 23.0 Å². The van der Waals surface area contributed by atoms with Crippen LogP contribution in [0, 0.1) is 6.92 Å². The van der Waals surface area contributed by atoms with Crippen molar-refractivity contribution in [1.29, 1.82) is 0 Å². The van der Waals surface area contributed by atoms with Crippen LogP contribution in [0.15, 0.2) is 36.4 Å². The molecule has 0 amide bonds. The van der Waals surface area contributed by atoms with Crippen LogP contribution in [-0.4, -0.2) is 27.4 Å². The van der Waals surface area contributed by atoms with Gasteiger partial charge in [-0.2, -0.15) is 0 Å². The third-order valence-electron chi connectivity index (χ3n) is 3.26. The van der Waals surface area contributed by atoms with E-state index in [1.54, 1.807) is 14.2 Å². The standard InChI is InChI=1S/C18H21ClO4/c1-13-8-9-14(19)17(12-13)22-10-5-11-23-18-15(20-2)6-4-7-16(18)21-3/h4,6-9,12H,5,10-11H2,1-3H3. The molecule has 0 spiro atoms. The summed E-state index contributed by atoms with van der Waals surface area (Å²) in [5, 5.41) is 0.614. The zero-order valence-electron chi connectivity index (χ0n) is 13.6. The Balaban J connectivity index is 1.85. The fourth-order valence-corrected chi connectivity index (χ4v) is 2.27. The molecular weight excluding hydrogens is 316 g/mol. The molecule has 0 saturated carbocycles. The summed E-state index contributed by atoms with van der Waals surface area (Å²) < 4.78 is 22.1. The van der Waals surface area contributed by atoms with Gasteiger partial charge in [0.2, 0.25) is 5.75 Å². The quantitative estimate of drug-likeness (QED) is 0.664. The van der Waals surface area contributed by atoms with Crippen molar-refractivity contribution in [2.45, 2.75) is 13.3 Å². The zero-order valence-corrected chi connectivity index (χ0v) is 14.4. The summed E-state index contributed by atoms with van der Waals surface area (Å²) in [6.07, 6.45) is 0.714. The minimum Gasteiger partial charge on any atom is -0.493 e. The van der Waals surface area contributed by atoms with Crippen LogP contribution in [-0.2, 0) is 0 Å². The molecule has 4 nitrogen and oxygen atoms in total. The van der Waals surface area contributed by atoms with Gasteiger partial charge in [-0.15, -0.1) is 0 Å². The minimum atomic E-state index is 0.486. The molecule has 0 aliphatic heterocycles. The molecule has 0 aromatic heterocycles. The lowest BCUT2D eigenvalue weighted by Gasteiger charge is -2.14. The molecule has 0 aliphatic carbocycles. The Kier molecular flexibility index (Phi) is 6.41. The van der Waals surface area contributed by atoms with Crippen molar-refractivity contribution in [3.05, 3.63) is 47.0 Å². The highest BCUT2D eigenvalue weighted by Crippen LogP contribution is 2.36. The first kappa shape index (κ1) is 17.3. The predicted octanol–water partition coefficient (Wildman–Crippen LogP) is 4.51. The van der Waals surface area contributed by atoms with E-state index in [9.17, 15) is 0 Å². The van der Waals surface area contributed by atoms with Crippen LogP contribution < -0.4 is 18.9 Å². The van der Waals surface area contributed by atoms with Gasteiger partial charge in [0.1, 0.15) is 5.75 Å². The summed E-state index contributed by atoms with van der Waals surface area (Å²) in [5.41, 5.74) is 1.11. The van der Waals surface area contributed by atoms with E-state index >= 15 is 0 Å². The van der Waals surface area contributed by atoms with Gasteiger partial charge in [0, 0.05) is 6.42 Å². The van der Waals surface area contributed by atoms with Crippen LogP contribution in [0.5, 0.6) is 23.0 Å². The van der Waals surface area contributed by atoms with E-state index in [1.807, 2.05) is 43.3 Å². The highest BCUT2D eigenvalue weighted by Gasteiger charge is 2.11. The lowest BCUT2D eigenvalue weighted by atomic mass is 10.2. The summed E-state index contributed by atoms with van der Waals surface area (Å²) in [6.45, 7) is 3.00. The number of halogens is 1. The highest BCUT2D eigenvalue weighted by molar-refractivity contribution is 6.32. The monoisotopic (exact) mass is 336 g/mol. The van der Waals surface area contributed by atoms with Gasteiger partial charge in [-0.05, 0) is 36.8 Å². The molecule has 5 heteroatoms. The Morgan fingerprint density at radius 2 is 1.52 bits per heavy atom. The summed E-state index contributed by atoms with van der Waals surface area (Å²) in [4.78, 5) is 0. The average Bonchev–Trinajstić information content (AvgIpc) is 2.57. The van der Waals surface area contributed by atoms with Crippen LogP contribution in [0.1, 0.15) is 12.0 Å². The Morgan fingerprint density at radius 1 is 0.870 bits per heavy atom. The van der Waals surface area contributed by atoms with Crippen molar-refractivity contribution >= 4 is 11.6 Å². The molecule has 2 aromatic carbocycles. The van der Waals surface area contributed by atoms with Crippen molar-refractivity contribution < 1.29 is 18.9 Å². The fraction of sp³-hybridized carbons (Fsp3) is 0.333. The predicted molar refractivity (Wildman–Crippen MR) is 91.3 cm³/mol. The molecule has 2 rings (SSSR count). The normalized spacial score (nSPS) is 10.3. The third kappa shape index (κ3) is 4.70. The van der Waals surface area contributed by atoms with Crippen LogP contribution in [0.4, 0.5) is 0 Å². The van der Waals surface area contributed by atoms with E-state index in [0.717, 1.165) is 5.56 Å². The molecule has 0 saturated heterocycles. The maximum absolute atomic E-state index is 6.09. The number of hydrogen-bond donors (Lipinski definition) is 0. The third-order valence-corrected chi connectivity index (χ3v) is 3.57. The minimum absolute atomic E-state index is 0.486. The maximum Gasteiger partial charge on any atom is 0.203 e. The number of benzene rings is 2. The number of para-hydroxylation sites is 1. The summed E-state index contributed by atoms with van der Waals surface area (Å²) in [5.74, 6) is 2.59. The van der Waals surface area contributed by atoms with E-state index in [2.05, 4.69) is 0 Å². The van der Waals surface area contributed by atoms with Crippen LogP contribution in [0.3, 0.4) is 0 Å². The molecule has 0 heterocycles. The zero-order chi connectivity index (χ0) is 16.7. The van der Waals surface area contributed by atoms with Crippen LogP contribution in [0.25, 0.3) is 0 Å². The van der Waals surface area contributed by atoms with Crippen molar-refractivity contribution in [2.24, 2.45) is 0 Å². The molecule has 124 valence electrons. The topological polar surface area (TPSA) is 36.9 Å². The summed E-state index contributed by atoms with van der Waals surface area (Å²) in [6, 6.07) is 11.2. The number of ether oxygens (including phenoxy) is 4. The summed E-state index contributed by atoms with van der Waals surface area (Å²) in [7, 11) is 3.20. The fourth-order valence-electron chi connectivity index (χ4n) is 2.10. The Labute approximate surface area is 141 Å². The molecule has 0 fully saturated rings. The smallest absolute Gasteiger partial charge is 0.203 e. The van der Waals surface area contributed by atoms with Gasteiger partial charge in [0.25, 0.3) is 0 Å². The van der Waals surface area contributed by atoms with Crippen molar-refractivity contribution in [1.82, 2.24) is 0 Å². The van der Waals surface area contributed by atoms with Crippen molar-refractivity contribution in [3.63, 3.8) is 0 Å². The molecule has 0 radical (unpaired) electrons. The number of hydrogen-bond acceptors (Lipinski definition) is 4. The first-order chi connectivity index (χ1) is 11.2. The van der Waals surface area contributed by atoms with E-state index in [-0.39, 0.29) is 0 Å². The first-order valence-electron chi connectivity index (χ1n) is 7.38. The lowest BCUT2D eigenvalue weighted by Crippen LogP contribution is -2.06. The van der Waals surface area contributed by atoms with Crippen LogP contribution >= 0.6 is 11.6 Å². The van der Waals surface area contributed by atoms with E-state index in [0.29, 0.717) is 47.7 Å². The molecule has 2 aromatic rings. The Hall–Kier alpha value is -2.07. The highest BCUT2D eigenvalue weighted by atomic mass is 35.5.